The molecule has 1 aromatic carbocycles. The highest BCUT2D eigenvalue weighted by Gasteiger charge is 2.14. The molecule has 2 aromatic rings. The van der Waals surface area contributed by atoms with Gasteiger partial charge in [-0.15, -0.1) is 0 Å². The van der Waals surface area contributed by atoms with Crippen LogP contribution in [0.4, 0.5) is 8.78 Å². The van der Waals surface area contributed by atoms with Crippen molar-refractivity contribution in [3.63, 3.8) is 0 Å². The van der Waals surface area contributed by atoms with Crippen LogP contribution >= 0.6 is 0 Å². The highest BCUT2D eigenvalue weighted by Crippen LogP contribution is 2.24. The molecule has 1 N–H and O–H groups in total. The second kappa shape index (κ2) is 5.73. The molecule has 0 fully saturated rings. The van der Waals surface area contributed by atoms with Crippen LogP contribution in [-0.2, 0) is 6.54 Å². The third-order valence-electron chi connectivity index (χ3n) is 2.51. The Bertz CT molecular complexity index is 525. The first-order valence-electron chi connectivity index (χ1n) is 5.83. The van der Waals surface area contributed by atoms with Crippen LogP contribution in [0.1, 0.15) is 19.0 Å². The summed E-state index contributed by atoms with van der Waals surface area (Å²) in [5.41, 5.74) is 0.756. The number of hydrogen-bond donors (Lipinski definition) is 1. The fraction of sp³-hybridized carbons (Fsp3) is 0.308. The highest BCUT2D eigenvalue weighted by molar-refractivity contribution is 5.58. The molecule has 1 heterocycles. The van der Waals surface area contributed by atoms with Crippen molar-refractivity contribution in [1.82, 2.24) is 10.5 Å². The van der Waals surface area contributed by atoms with Gasteiger partial charge < -0.3 is 9.84 Å². The standard InChI is InChI=1S/C13H14F2N2O/c1-2-6-16-8-9-7-12(18-17-9)10-4-3-5-11(14)13(10)15/h3-5,7,16H,2,6,8H2,1H3. The topological polar surface area (TPSA) is 38.1 Å². The molecule has 0 amide bonds. The molecule has 2 rings (SSSR count). The SMILES string of the molecule is CCCNCc1cc(-c2cccc(F)c2F)on1. The second-order valence-electron chi connectivity index (χ2n) is 3.96. The van der Waals surface area contributed by atoms with Crippen LogP contribution in [0, 0.1) is 11.6 Å². The number of halogens is 2. The minimum Gasteiger partial charge on any atom is -0.356 e. The Morgan fingerprint density at radius 1 is 1.33 bits per heavy atom. The molecule has 0 aliphatic heterocycles. The van der Waals surface area contributed by atoms with Gasteiger partial charge in [0.2, 0.25) is 0 Å². The fourth-order valence-corrected chi connectivity index (χ4v) is 1.61. The number of nitrogens with one attached hydrogen (secondary N) is 1. The van der Waals surface area contributed by atoms with E-state index in [1.807, 2.05) is 0 Å². The van der Waals surface area contributed by atoms with E-state index in [1.165, 1.54) is 12.1 Å². The van der Waals surface area contributed by atoms with Crippen molar-refractivity contribution in [2.24, 2.45) is 0 Å². The summed E-state index contributed by atoms with van der Waals surface area (Å²) < 4.78 is 31.6. The van der Waals surface area contributed by atoms with Crippen LogP contribution in [0.3, 0.4) is 0 Å². The molecule has 0 atom stereocenters. The van der Waals surface area contributed by atoms with Gasteiger partial charge in [0.25, 0.3) is 0 Å². The van der Waals surface area contributed by atoms with Gasteiger partial charge in [-0.05, 0) is 25.1 Å². The molecule has 0 saturated carbocycles. The molecule has 5 heteroatoms. The van der Waals surface area contributed by atoms with Crippen LogP contribution in [-0.4, -0.2) is 11.7 Å². The highest BCUT2D eigenvalue weighted by atomic mass is 19.2. The molecular formula is C13H14F2N2O. The molecule has 0 aliphatic rings. The zero-order chi connectivity index (χ0) is 13.0. The zero-order valence-electron chi connectivity index (χ0n) is 10.0. The van der Waals surface area contributed by atoms with E-state index >= 15 is 0 Å². The first-order chi connectivity index (χ1) is 8.72. The van der Waals surface area contributed by atoms with Crippen molar-refractivity contribution in [3.05, 3.63) is 41.6 Å². The number of rotatable bonds is 5. The van der Waals surface area contributed by atoms with Gasteiger partial charge in [0.05, 0.1) is 11.3 Å². The third kappa shape index (κ3) is 2.73. The van der Waals surface area contributed by atoms with E-state index in [0.29, 0.717) is 12.2 Å². The van der Waals surface area contributed by atoms with Crippen LogP contribution in [0.5, 0.6) is 0 Å². The van der Waals surface area contributed by atoms with Crippen molar-refractivity contribution < 1.29 is 13.3 Å². The average molecular weight is 252 g/mol. The second-order valence-corrected chi connectivity index (χ2v) is 3.96. The van der Waals surface area contributed by atoms with E-state index in [4.69, 9.17) is 4.52 Å². The smallest absolute Gasteiger partial charge is 0.170 e. The van der Waals surface area contributed by atoms with Crippen LogP contribution < -0.4 is 5.32 Å². The summed E-state index contributed by atoms with van der Waals surface area (Å²) in [7, 11) is 0. The Labute approximate surface area is 104 Å². The van der Waals surface area contributed by atoms with Gasteiger partial charge in [-0.1, -0.05) is 18.1 Å². The monoisotopic (exact) mass is 252 g/mol. The zero-order valence-corrected chi connectivity index (χ0v) is 10.0. The van der Waals surface area contributed by atoms with E-state index in [1.54, 1.807) is 6.07 Å². The maximum atomic E-state index is 13.5. The first-order valence-corrected chi connectivity index (χ1v) is 5.83. The van der Waals surface area contributed by atoms with E-state index in [-0.39, 0.29) is 11.3 Å². The van der Waals surface area contributed by atoms with Gasteiger partial charge in [0, 0.05) is 12.6 Å². The lowest BCUT2D eigenvalue weighted by atomic mass is 10.1. The number of aromatic nitrogens is 1. The summed E-state index contributed by atoms with van der Waals surface area (Å²) in [5, 5.41) is 6.96. The van der Waals surface area contributed by atoms with Gasteiger partial charge in [-0.25, -0.2) is 8.78 Å². The maximum Gasteiger partial charge on any atom is 0.170 e. The summed E-state index contributed by atoms with van der Waals surface area (Å²) in [4.78, 5) is 0. The molecule has 0 spiro atoms. The molecule has 18 heavy (non-hydrogen) atoms. The van der Waals surface area contributed by atoms with Crippen molar-refractivity contribution >= 4 is 0 Å². The fourth-order valence-electron chi connectivity index (χ4n) is 1.61. The Balaban J connectivity index is 2.16. The third-order valence-corrected chi connectivity index (χ3v) is 2.51. The number of nitrogens with zero attached hydrogens (tertiary/aromatic N) is 1. The minimum atomic E-state index is -0.915. The quantitative estimate of drug-likeness (QED) is 0.831. The molecule has 0 radical (unpaired) electrons. The van der Waals surface area contributed by atoms with E-state index in [2.05, 4.69) is 17.4 Å². The molecule has 0 saturated heterocycles. The van der Waals surface area contributed by atoms with Crippen LogP contribution in [0.2, 0.25) is 0 Å². The lowest BCUT2D eigenvalue weighted by Gasteiger charge is -1.98. The number of benzene rings is 1. The van der Waals surface area contributed by atoms with Crippen molar-refractivity contribution in [2.45, 2.75) is 19.9 Å². The summed E-state index contributed by atoms with van der Waals surface area (Å²) in [6, 6.07) is 5.58. The van der Waals surface area contributed by atoms with Crippen molar-refractivity contribution in [3.8, 4) is 11.3 Å². The Morgan fingerprint density at radius 2 is 2.17 bits per heavy atom. The average Bonchev–Trinajstić information content (AvgIpc) is 2.82. The Morgan fingerprint density at radius 3 is 2.94 bits per heavy atom. The Hall–Kier alpha value is -1.75. The molecular weight excluding hydrogens is 238 g/mol. The first kappa shape index (κ1) is 12.7. The van der Waals surface area contributed by atoms with Gasteiger partial charge in [0.1, 0.15) is 0 Å². The summed E-state index contributed by atoms with van der Waals surface area (Å²) >= 11 is 0. The molecule has 96 valence electrons. The summed E-state index contributed by atoms with van der Waals surface area (Å²) in [5.74, 6) is -1.57. The summed E-state index contributed by atoms with van der Waals surface area (Å²) in [6.45, 7) is 3.48. The van der Waals surface area contributed by atoms with E-state index < -0.39 is 11.6 Å². The normalized spacial score (nSPS) is 10.8. The predicted octanol–water partition coefficient (Wildman–Crippen LogP) is 3.12. The van der Waals surface area contributed by atoms with Gasteiger partial charge in [-0.2, -0.15) is 0 Å². The van der Waals surface area contributed by atoms with E-state index in [0.717, 1.165) is 19.0 Å². The van der Waals surface area contributed by atoms with Gasteiger partial charge >= 0.3 is 0 Å². The van der Waals surface area contributed by atoms with Gasteiger partial charge in [-0.3, -0.25) is 0 Å². The van der Waals surface area contributed by atoms with Crippen molar-refractivity contribution in [2.75, 3.05) is 6.54 Å². The lowest BCUT2D eigenvalue weighted by Crippen LogP contribution is -2.13. The number of hydrogen-bond acceptors (Lipinski definition) is 3. The largest absolute Gasteiger partial charge is 0.356 e. The molecule has 0 unspecified atom stereocenters. The molecule has 0 aliphatic carbocycles. The van der Waals surface area contributed by atoms with Crippen LogP contribution in [0.25, 0.3) is 11.3 Å². The minimum absolute atomic E-state index is 0.0873. The van der Waals surface area contributed by atoms with Gasteiger partial charge in [0.15, 0.2) is 17.4 Å². The molecule has 3 nitrogen and oxygen atoms in total. The Kier molecular flexibility index (Phi) is 4.04. The molecule has 0 bridgehead atoms. The summed E-state index contributed by atoms with van der Waals surface area (Å²) in [6.07, 6.45) is 1.02. The molecule has 1 aromatic heterocycles. The maximum absolute atomic E-state index is 13.5. The van der Waals surface area contributed by atoms with Crippen LogP contribution in [0.15, 0.2) is 28.8 Å². The lowest BCUT2D eigenvalue weighted by molar-refractivity contribution is 0.416. The van der Waals surface area contributed by atoms with Crippen molar-refractivity contribution in [1.29, 1.82) is 0 Å². The van der Waals surface area contributed by atoms with E-state index in [9.17, 15) is 8.78 Å². The predicted molar refractivity (Wildman–Crippen MR) is 63.9 cm³/mol.